The molecule has 0 saturated heterocycles. The molecule has 0 aliphatic carbocycles. The second kappa shape index (κ2) is 4.53. The topological polar surface area (TPSA) is 12.0 Å². The first-order valence-corrected chi connectivity index (χ1v) is 6.72. The molecule has 1 heterocycles. The molecular weight excluding hydrogens is 274 g/mol. The predicted octanol–water partition coefficient (Wildman–Crippen LogP) is 4.40. The van der Waals surface area contributed by atoms with Crippen LogP contribution in [0.15, 0.2) is 53.0 Å². The zero-order valence-electron chi connectivity index (χ0n) is 9.49. The van der Waals surface area contributed by atoms with Crippen LogP contribution < -0.4 is 5.32 Å². The first-order valence-electron chi connectivity index (χ1n) is 5.93. The predicted molar refractivity (Wildman–Crippen MR) is 75.5 cm³/mol. The van der Waals surface area contributed by atoms with Gasteiger partial charge in [0.1, 0.15) is 0 Å². The van der Waals surface area contributed by atoms with Crippen LogP contribution in [0, 0.1) is 0 Å². The number of fused-ring (bicyclic) bond motifs is 1. The van der Waals surface area contributed by atoms with Crippen molar-refractivity contribution in [1.29, 1.82) is 0 Å². The molecule has 17 heavy (non-hydrogen) atoms. The van der Waals surface area contributed by atoms with Crippen molar-refractivity contribution in [2.75, 3.05) is 11.9 Å². The van der Waals surface area contributed by atoms with Gasteiger partial charge in [0.15, 0.2) is 0 Å². The molecule has 0 spiro atoms. The van der Waals surface area contributed by atoms with Crippen LogP contribution in [0.4, 0.5) is 5.69 Å². The van der Waals surface area contributed by atoms with Crippen molar-refractivity contribution in [2.24, 2.45) is 0 Å². The standard InChI is InChI=1S/C15H14BrN/c16-12-6-7-15-14(10-12)13(8-9-17-15)11-4-2-1-3-5-11/h1-7,10,13,17H,8-9H2. The molecule has 1 nitrogen and oxygen atoms in total. The van der Waals surface area contributed by atoms with E-state index in [1.807, 2.05) is 0 Å². The highest BCUT2D eigenvalue weighted by atomic mass is 79.9. The van der Waals surface area contributed by atoms with Crippen LogP contribution in [0.3, 0.4) is 0 Å². The van der Waals surface area contributed by atoms with Crippen LogP contribution in [0.25, 0.3) is 0 Å². The summed E-state index contributed by atoms with van der Waals surface area (Å²) in [5.74, 6) is 0.518. The fourth-order valence-electron chi connectivity index (χ4n) is 2.52. The largest absolute Gasteiger partial charge is 0.385 e. The van der Waals surface area contributed by atoms with Gasteiger partial charge in [-0.25, -0.2) is 0 Å². The number of benzene rings is 2. The van der Waals surface area contributed by atoms with E-state index in [9.17, 15) is 0 Å². The van der Waals surface area contributed by atoms with Gasteiger partial charge in [0, 0.05) is 22.6 Å². The van der Waals surface area contributed by atoms with Gasteiger partial charge in [-0.15, -0.1) is 0 Å². The van der Waals surface area contributed by atoms with Crippen molar-refractivity contribution < 1.29 is 0 Å². The van der Waals surface area contributed by atoms with Gasteiger partial charge < -0.3 is 5.32 Å². The molecule has 0 amide bonds. The SMILES string of the molecule is Brc1ccc2c(c1)C(c1ccccc1)CCN2. The number of hydrogen-bond donors (Lipinski definition) is 1. The minimum atomic E-state index is 0.518. The maximum absolute atomic E-state index is 3.56. The Kier molecular flexibility index (Phi) is 2.89. The van der Waals surface area contributed by atoms with Gasteiger partial charge in [-0.1, -0.05) is 46.3 Å². The molecule has 3 rings (SSSR count). The summed E-state index contributed by atoms with van der Waals surface area (Å²) >= 11 is 3.56. The first-order chi connectivity index (χ1) is 8.34. The van der Waals surface area contributed by atoms with E-state index in [0.717, 1.165) is 17.4 Å². The molecule has 1 aliphatic heterocycles. The van der Waals surface area contributed by atoms with Crippen molar-refractivity contribution in [3.8, 4) is 0 Å². The number of nitrogens with one attached hydrogen (secondary N) is 1. The Morgan fingerprint density at radius 2 is 1.88 bits per heavy atom. The van der Waals surface area contributed by atoms with E-state index in [4.69, 9.17) is 0 Å². The number of rotatable bonds is 1. The third-order valence-electron chi connectivity index (χ3n) is 3.34. The van der Waals surface area contributed by atoms with Gasteiger partial charge in [0.2, 0.25) is 0 Å². The minimum absolute atomic E-state index is 0.518. The average Bonchev–Trinajstić information content (AvgIpc) is 2.39. The van der Waals surface area contributed by atoms with E-state index in [1.165, 1.54) is 16.8 Å². The first kappa shape index (κ1) is 10.8. The van der Waals surface area contributed by atoms with Crippen LogP contribution in [0.1, 0.15) is 23.5 Å². The Hall–Kier alpha value is -1.28. The van der Waals surface area contributed by atoms with E-state index in [0.29, 0.717) is 5.92 Å². The number of anilines is 1. The van der Waals surface area contributed by atoms with Crippen LogP contribution >= 0.6 is 15.9 Å². The molecule has 1 unspecified atom stereocenters. The van der Waals surface area contributed by atoms with Crippen molar-refractivity contribution in [3.05, 3.63) is 64.1 Å². The summed E-state index contributed by atoms with van der Waals surface area (Å²) in [5, 5.41) is 3.47. The maximum Gasteiger partial charge on any atom is 0.0379 e. The van der Waals surface area contributed by atoms with Gasteiger partial charge in [0.25, 0.3) is 0 Å². The van der Waals surface area contributed by atoms with Crippen LogP contribution in [0.2, 0.25) is 0 Å². The van der Waals surface area contributed by atoms with Crippen molar-refractivity contribution in [3.63, 3.8) is 0 Å². The van der Waals surface area contributed by atoms with Crippen molar-refractivity contribution >= 4 is 21.6 Å². The Morgan fingerprint density at radius 1 is 1.06 bits per heavy atom. The highest BCUT2D eigenvalue weighted by Crippen LogP contribution is 2.37. The third-order valence-corrected chi connectivity index (χ3v) is 3.83. The fraction of sp³-hybridized carbons (Fsp3) is 0.200. The van der Waals surface area contributed by atoms with Gasteiger partial charge >= 0.3 is 0 Å². The molecule has 1 N–H and O–H groups in total. The van der Waals surface area contributed by atoms with Crippen LogP contribution in [-0.4, -0.2) is 6.54 Å². The Morgan fingerprint density at radius 3 is 2.71 bits per heavy atom. The summed E-state index contributed by atoms with van der Waals surface area (Å²) in [6.45, 7) is 1.05. The maximum atomic E-state index is 3.56. The average molecular weight is 288 g/mol. The Balaban J connectivity index is 2.08. The lowest BCUT2D eigenvalue weighted by molar-refractivity contribution is 0.720. The van der Waals surface area contributed by atoms with Gasteiger partial charge in [-0.2, -0.15) is 0 Å². The fourth-order valence-corrected chi connectivity index (χ4v) is 2.90. The lowest BCUT2D eigenvalue weighted by Crippen LogP contribution is -2.17. The molecule has 1 aliphatic rings. The molecule has 2 heteroatoms. The Labute approximate surface area is 110 Å². The molecule has 86 valence electrons. The summed E-state index contributed by atoms with van der Waals surface area (Å²) in [6.07, 6.45) is 1.16. The third kappa shape index (κ3) is 2.09. The normalized spacial score (nSPS) is 18.3. The Bertz CT molecular complexity index is 522. The molecular formula is C15H14BrN. The van der Waals surface area contributed by atoms with Crippen molar-refractivity contribution in [2.45, 2.75) is 12.3 Å². The lowest BCUT2D eigenvalue weighted by atomic mass is 9.85. The lowest BCUT2D eigenvalue weighted by Gasteiger charge is -2.27. The molecule has 0 saturated carbocycles. The highest BCUT2D eigenvalue weighted by Gasteiger charge is 2.21. The molecule has 0 bridgehead atoms. The molecule has 2 aromatic rings. The van der Waals surface area contributed by atoms with Crippen LogP contribution in [-0.2, 0) is 0 Å². The zero-order chi connectivity index (χ0) is 11.7. The summed E-state index contributed by atoms with van der Waals surface area (Å²) in [7, 11) is 0. The van der Waals surface area contributed by atoms with E-state index < -0.39 is 0 Å². The second-order valence-corrected chi connectivity index (χ2v) is 5.33. The molecule has 1 atom stereocenters. The zero-order valence-corrected chi connectivity index (χ0v) is 11.1. The number of halogens is 1. The molecule has 0 radical (unpaired) electrons. The number of hydrogen-bond acceptors (Lipinski definition) is 1. The van der Waals surface area contributed by atoms with Gasteiger partial charge in [-0.05, 0) is 35.7 Å². The molecule has 2 aromatic carbocycles. The van der Waals surface area contributed by atoms with Gasteiger partial charge in [0.05, 0.1) is 0 Å². The van der Waals surface area contributed by atoms with E-state index >= 15 is 0 Å². The summed E-state index contributed by atoms with van der Waals surface area (Å²) < 4.78 is 1.15. The van der Waals surface area contributed by atoms with E-state index in [-0.39, 0.29) is 0 Å². The quantitative estimate of drug-likeness (QED) is 0.820. The highest BCUT2D eigenvalue weighted by molar-refractivity contribution is 9.10. The van der Waals surface area contributed by atoms with E-state index in [1.54, 1.807) is 0 Å². The monoisotopic (exact) mass is 287 g/mol. The van der Waals surface area contributed by atoms with Crippen LogP contribution in [0.5, 0.6) is 0 Å². The smallest absolute Gasteiger partial charge is 0.0379 e. The summed E-state index contributed by atoms with van der Waals surface area (Å²) in [5.41, 5.74) is 4.08. The van der Waals surface area contributed by atoms with E-state index in [2.05, 4.69) is 69.8 Å². The summed E-state index contributed by atoms with van der Waals surface area (Å²) in [6, 6.07) is 17.3. The molecule has 0 aromatic heterocycles. The second-order valence-electron chi connectivity index (χ2n) is 4.41. The van der Waals surface area contributed by atoms with Gasteiger partial charge in [-0.3, -0.25) is 0 Å². The summed E-state index contributed by atoms with van der Waals surface area (Å²) in [4.78, 5) is 0. The molecule has 0 fully saturated rings. The van der Waals surface area contributed by atoms with Crippen molar-refractivity contribution in [1.82, 2.24) is 0 Å². The minimum Gasteiger partial charge on any atom is -0.385 e.